The lowest BCUT2D eigenvalue weighted by Crippen LogP contribution is -2.50. The van der Waals surface area contributed by atoms with Crippen molar-refractivity contribution in [1.29, 1.82) is 0 Å². The van der Waals surface area contributed by atoms with Crippen LogP contribution in [0.15, 0.2) is 48.5 Å². The molecule has 2 aromatic carbocycles. The SMILES string of the molecule is CC.CC.CC(C)(C)OC(=O)N1CCN(c2ccc(OCc3ccc(C(F)(F)F)cc3)cc2)CC1. The highest BCUT2D eigenvalue weighted by molar-refractivity contribution is 5.68. The summed E-state index contributed by atoms with van der Waals surface area (Å²) in [7, 11) is 0. The Morgan fingerprint density at radius 3 is 1.80 bits per heavy atom. The molecule has 0 aromatic heterocycles. The largest absolute Gasteiger partial charge is 0.489 e. The molecule has 0 bridgehead atoms. The Kier molecular flexibility index (Phi) is 11.9. The predicted molar refractivity (Wildman–Crippen MR) is 135 cm³/mol. The van der Waals surface area contributed by atoms with Crippen LogP contribution in [0.5, 0.6) is 5.75 Å². The Balaban J connectivity index is 0.00000145. The van der Waals surface area contributed by atoms with E-state index in [1.165, 1.54) is 12.1 Å². The average molecular weight is 497 g/mol. The van der Waals surface area contributed by atoms with Crippen LogP contribution in [0.2, 0.25) is 0 Å². The summed E-state index contributed by atoms with van der Waals surface area (Å²) in [6.07, 6.45) is -4.63. The predicted octanol–water partition coefficient (Wildman–Crippen LogP) is 7.39. The van der Waals surface area contributed by atoms with Crippen molar-refractivity contribution in [3.05, 3.63) is 59.7 Å². The van der Waals surface area contributed by atoms with E-state index in [1.54, 1.807) is 4.90 Å². The maximum absolute atomic E-state index is 12.6. The number of carbonyl (C=O) groups is 1. The Labute approximate surface area is 207 Å². The molecule has 0 unspecified atom stereocenters. The molecule has 8 heteroatoms. The molecule has 0 radical (unpaired) electrons. The van der Waals surface area contributed by atoms with Crippen molar-refractivity contribution in [1.82, 2.24) is 4.90 Å². The van der Waals surface area contributed by atoms with E-state index in [1.807, 2.05) is 72.7 Å². The zero-order valence-electron chi connectivity index (χ0n) is 21.9. The molecule has 5 nitrogen and oxygen atoms in total. The van der Waals surface area contributed by atoms with Crippen molar-refractivity contribution in [3.8, 4) is 5.75 Å². The van der Waals surface area contributed by atoms with Gasteiger partial charge in [0.15, 0.2) is 0 Å². The Morgan fingerprint density at radius 1 is 0.829 bits per heavy atom. The van der Waals surface area contributed by atoms with Crippen LogP contribution in [0.1, 0.15) is 59.6 Å². The smallest absolute Gasteiger partial charge is 0.416 e. The van der Waals surface area contributed by atoms with Gasteiger partial charge in [0.05, 0.1) is 5.56 Å². The molecule has 0 aliphatic carbocycles. The third-order valence-corrected chi connectivity index (χ3v) is 4.82. The zero-order chi connectivity index (χ0) is 26.6. The quantitative estimate of drug-likeness (QED) is 0.442. The zero-order valence-corrected chi connectivity index (χ0v) is 21.9. The van der Waals surface area contributed by atoms with E-state index in [9.17, 15) is 18.0 Å². The maximum Gasteiger partial charge on any atom is 0.416 e. The number of halogens is 3. The van der Waals surface area contributed by atoms with E-state index in [0.29, 0.717) is 37.5 Å². The number of anilines is 1. The number of hydrogen-bond acceptors (Lipinski definition) is 4. The number of carbonyl (C=O) groups excluding carboxylic acids is 1. The standard InChI is InChI=1S/C23H27F3N2O3.2C2H6/c1-22(2,3)31-21(29)28-14-12-27(13-15-28)19-8-10-20(11-9-19)30-16-17-4-6-18(7-5-17)23(24,25)26;2*1-2/h4-11H,12-16H2,1-3H3;2*1-2H3. The second-order valence-corrected chi connectivity index (χ2v) is 8.43. The lowest BCUT2D eigenvalue weighted by molar-refractivity contribution is -0.137. The summed E-state index contributed by atoms with van der Waals surface area (Å²) in [6.45, 7) is 16.3. The van der Waals surface area contributed by atoms with Gasteiger partial charge in [0.25, 0.3) is 0 Å². The van der Waals surface area contributed by atoms with E-state index >= 15 is 0 Å². The molecule has 35 heavy (non-hydrogen) atoms. The van der Waals surface area contributed by atoms with E-state index in [2.05, 4.69) is 4.90 Å². The molecule has 1 aliphatic heterocycles. The van der Waals surface area contributed by atoms with Gasteiger partial charge in [0.2, 0.25) is 0 Å². The summed E-state index contributed by atoms with van der Waals surface area (Å²) in [5, 5.41) is 0. The molecule has 0 spiro atoms. The van der Waals surface area contributed by atoms with Gasteiger partial charge in [-0.05, 0) is 62.7 Å². The lowest BCUT2D eigenvalue weighted by Gasteiger charge is -2.36. The Bertz CT molecular complexity index is 869. The molecule has 1 aliphatic rings. The highest BCUT2D eigenvalue weighted by atomic mass is 19.4. The van der Waals surface area contributed by atoms with Crippen molar-refractivity contribution >= 4 is 11.8 Å². The fourth-order valence-corrected chi connectivity index (χ4v) is 3.18. The monoisotopic (exact) mass is 496 g/mol. The topological polar surface area (TPSA) is 42.0 Å². The first-order chi connectivity index (χ1) is 16.5. The molecule has 3 rings (SSSR count). The third-order valence-electron chi connectivity index (χ3n) is 4.82. The lowest BCUT2D eigenvalue weighted by atomic mass is 10.1. The minimum atomic E-state index is -4.34. The number of hydrogen-bond donors (Lipinski definition) is 0. The van der Waals surface area contributed by atoms with E-state index in [0.717, 1.165) is 17.8 Å². The molecule has 0 N–H and O–H groups in total. The van der Waals surface area contributed by atoms with Crippen molar-refractivity contribution < 1.29 is 27.4 Å². The molecule has 2 aromatic rings. The highest BCUT2D eigenvalue weighted by Crippen LogP contribution is 2.29. The molecule has 1 amide bonds. The first kappa shape index (κ1) is 30.1. The van der Waals surface area contributed by atoms with Crippen LogP contribution in [0, 0.1) is 0 Å². The normalized spacial score (nSPS) is 13.7. The van der Waals surface area contributed by atoms with E-state index in [-0.39, 0.29) is 12.7 Å². The number of ether oxygens (including phenoxy) is 2. The molecule has 0 atom stereocenters. The van der Waals surface area contributed by atoms with Crippen LogP contribution in [-0.2, 0) is 17.5 Å². The van der Waals surface area contributed by atoms with E-state index in [4.69, 9.17) is 9.47 Å². The third kappa shape index (κ3) is 10.1. The van der Waals surface area contributed by atoms with Crippen LogP contribution in [0.4, 0.5) is 23.7 Å². The van der Waals surface area contributed by atoms with Gasteiger partial charge in [-0.25, -0.2) is 4.79 Å². The Hall–Kier alpha value is -2.90. The number of piperazine rings is 1. The molecule has 1 fully saturated rings. The van der Waals surface area contributed by atoms with Crippen molar-refractivity contribution in [2.24, 2.45) is 0 Å². The molecule has 0 saturated carbocycles. The summed E-state index contributed by atoms with van der Waals surface area (Å²) in [4.78, 5) is 16.1. The minimum Gasteiger partial charge on any atom is -0.489 e. The molecule has 1 saturated heterocycles. The van der Waals surface area contributed by atoms with Crippen LogP contribution in [0.25, 0.3) is 0 Å². The first-order valence-electron chi connectivity index (χ1n) is 12.1. The van der Waals surface area contributed by atoms with Gasteiger partial charge in [-0.2, -0.15) is 13.2 Å². The van der Waals surface area contributed by atoms with Crippen LogP contribution in [0.3, 0.4) is 0 Å². The van der Waals surface area contributed by atoms with Gasteiger partial charge in [0, 0.05) is 31.9 Å². The average Bonchev–Trinajstić information content (AvgIpc) is 2.84. The van der Waals surface area contributed by atoms with Gasteiger partial charge in [0.1, 0.15) is 18.0 Å². The minimum absolute atomic E-state index is 0.187. The molecule has 196 valence electrons. The summed E-state index contributed by atoms with van der Waals surface area (Å²) in [5.41, 5.74) is 0.498. The maximum atomic E-state index is 12.6. The summed E-state index contributed by atoms with van der Waals surface area (Å²) >= 11 is 0. The fourth-order valence-electron chi connectivity index (χ4n) is 3.18. The summed E-state index contributed by atoms with van der Waals surface area (Å²) in [6, 6.07) is 12.5. The van der Waals surface area contributed by atoms with Crippen LogP contribution < -0.4 is 9.64 Å². The summed E-state index contributed by atoms with van der Waals surface area (Å²) in [5.74, 6) is 0.635. The van der Waals surface area contributed by atoms with E-state index < -0.39 is 17.3 Å². The number of amides is 1. The fraction of sp³-hybridized carbons (Fsp3) is 0.519. The van der Waals surface area contributed by atoms with Gasteiger partial charge < -0.3 is 19.3 Å². The number of rotatable bonds is 4. The molecular formula is C27H39F3N2O3. The van der Waals surface area contributed by atoms with Crippen LogP contribution in [-0.4, -0.2) is 42.8 Å². The molecular weight excluding hydrogens is 457 g/mol. The van der Waals surface area contributed by atoms with Crippen LogP contribution >= 0.6 is 0 Å². The van der Waals surface area contributed by atoms with Crippen molar-refractivity contribution in [3.63, 3.8) is 0 Å². The van der Waals surface area contributed by atoms with Gasteiger partial charge in [-0.1, -0.05) is 39.8 Å². The van der Waals surface area contributed by atoms with Gasteiger partial charge >= 0.3 is 12.3 Å². The van der Waals surface area contributed by atoms with Crippen molar-refractivity contribution in [2.45, 2.75) is 66.9 Å². The van der Waals surface area contributed by atoms with Gasteiger partial charge in [-0.15, -0.1) is 0 Å². The first-order valence-corrected chi connectivity index (χ1v) is 12.1. The Morgan fingerprint density at radius 2 is 1.34 bits per heavy atom. The highest BCUT2D eigenvalue weighted by Gasteiger charge is 2.30. The second kappa shape index (κ2) is 13.9. The van der Waals surface area contributed by atoms with Crippen molar-refractivity contribution in [2.75, 3.05) is 31.1 Å². The second-order valence-electron chi connectivity index (χ2n) is 8.43. The van der Waals surface area contributed by atoms with Gasteiger partial charge in [-0.3, -0.25) is 0 Å². The summed E-state index contributed by atoms with van der Waals surface area (Å²) < 4.78 is 49.0. The number of alkyl halides is 3. The number of benzene rings is 2. The molecule has 1 heterocycles. The number of nitrogens with zero attached hydrogens (tertiary/aromatic N) is 2.